The van der Waals surface area contributed by atoms with Crippen molar-refractivity contribution >= 4 is 30.8 Å². The third-order valence-electron chi connectivity index (χ3n) is 6.04. The van der Waals surface area contributed by atoms with Gasteiger partial charge < -0.3 is 34.7 Å². The zero-order valence-electron chi connectivity index (χ0n) is 22.6. The van der Waals surface area contributed by atoms with E-state index in [1.807, 2.05) is 0 Å². The van der Waals surface area contributed by atoms with Crippen molar-refractivity contribution in [3.8, 4) is 11.6 Å². The molecule has 0 amide bonds. The Morgan fingerprint density at radius 2 is 1.98 bits per heavy atom. The van der Waals surface area contributed by atoms with Crippen LogP contribution in [-0.2, 0) is 23.4 Å². The van der Waals surface area contributed by atoms with Gasteiger partial charge in [-0.1, -0.05) is 18.2 Å². The lowest BCUT2D eigenvalue weighted by molar-refractivity contribution is -0.149. The van der Waals surface area contributed by atoms with Crippen molar-refractivity contribution in [2.45, 2.75) is 63.9 Å². The highest BCUT2D eigenvalue weighted by Gasteiger charge is 2.54. The van der Waals surface area contributed by atoms with Crippen molar-refractivity contribution in [2.24, 2.45) is 0 Å². The second-order valence-corrected chi connectivity index (χ2v) is 11.3. The first-order chi connectivity index (χ1) is 18.8. The Labute approximate surface area is 230 Å². The van der Waals surface area contributed by atoms with Gasteiger partial charge in [0.05, 0.1) is 26.1 Å². The normalized spacial score (nSPS) is 25.1. The maximum atomic E-state index is 13.8. The van der Waals surface area contributed by atoms with E-state index in [2.05, 4.69) is 20.0 Å². The van der Waals surface area contributed by atoms with Crippen LogP contribution in [0.3, 0.4) is 0 Å². The summed E-state index contributed by atoms with van der Waals surface area (Å²) in [5, 5.41) is 24.8. The van der Waals surface area contributed by atoms with Crippen LogP contribution in [0.25, 0.3) is 11.2 Å². The number of esters is 1. The minimum absolute atomic E-state index is 0.0978. The molecule has 0 saturated carbocycles. The summed E-state index contributed by atoms with van der Waals surface area (Å²) in [7, 11) is -2.85. The molecule has 15 nitrogen and oxygen atoms in total. The monoisotopic (exact) mass is 580 g/mol. The fraction of sp³-hybridized carbons (Fsp3) is 0.500. The summed E-state index contributed by atoms with van der Waals surface area (Å²) in [5.74, 6) is -0.440. The molecule has 16 heteroatoms. The highest BCUT2D eigenvalue weighted by atomic mass is 31.2. The summed E-state index contributed by atoms with van der Waals surface area (Å²) in [6, 6.07) is 7.13. The molecule has 0 aliphatic carbocycles. The SMILES string of the molecule is COc1nc(N)nc2c1ncn2[C@@H]1O[C@H](CO[P@@](=O)(N[C@@H](C)C(=O)OC(C)C)Oc2ccccc2)[C@@H](O)[C@@]1(C)O. The summed E-state index contributed by atoms with van der Waals surface area (Å²) >= 11 is 0. The number of rotatable bonds is 11. The maximum Gasteiger partial charge on any atom is 0.459 e. The topological polar surface area (TPSA) is 202 Å². The van der Waals surface area contributed by atoms with Crippen LogP contribution in [0.1, 0.15) is 33.9 Å². The standard InChI is InChI=1S/C24H33N6O9P/c1-13(2)37-21(32)14(3)29-40(34,39-15-9-7-6-8-10-15)36-11-16-18(31)24(4,33)22(38-16)30-12-26-17-19(30)27-23(25)28-20(17)35-5/h6-10,12-14,16,18,22,31,33H,11H2,1-5H3,(H,29,34)(H2,25,27,28)/t14-,16+,18+,22+,24+,40-/m0/s1. The number of carbonyl (C=O) groups excluding carboxylic acids is 1. The number of hydrogen-bond donors (Lipinski definition) is 4. The van der Waals surface area contributed by atoms with Gasteiger partial charge in [-0.2, -0.15) is 15.1 Å². The molecule has 3 aromatic rings. The summed E-state index contributed by atoms with van der Waals surface area (Å²) in [6.07, 6.45) is -2.96. The Hall–Kier alpha value is -3.33. The van der Waals surface area contributed by atoms with Crippen LogP contribution in [0.4, 0.5) is 5.95 Å². The van der Waals surface area contributed by atoms with Crippen LogP contribution < -0.4 is 20.1 Å². The van der Waals surface area contributed by atoms with E-state index in [0.717, 1.165) is 0 Å². The predicted molar refractivity (Wildman–Crippen MR) is 141 cm³/mol. The molecule has 1 aliphatic rings. The molecule has 218 valence electrons. The molecule has 0 spiro atoms. The molecule has 0 unspecified atom stereocenters. The van der Waals surface area contributed by atoms with E-state index < -0.39 is 56.5 Å². The number of para-hydroxylation sites is 1. The van der Waals surface area contributed by atoms with Gasteiger partial charge in [-0.15, -0.1) is 0 Å². The van der Waals surface area contributed by atoms with E-state index in [-0.39, 0.29) is 28.7 Å². The number of methoxy groups -OCH3 is 1. The molecule has 40 heavy (non-hydrogen) atoms. The molecular weight excluding hydrogens is 547 g/mol. The quantitative estimate of drug-likeness (QED) is 0.188. The number of nitrogens with two attached hydrogens (primary N) is 1. The second-order valence-electron chi connectivity index (χ2n) is 9.65. The summed E-state index contributed by atoms with van der Waals surface area (Å²) < 4.78 is 42.8. The van der Waals surface area contributed by atoms with Gasteiger partial charge >= 0.3 is 13.7 Å². The molecule has 0 radical (unpaired) electrons. The van der Waals surface area contributed by atoms with E-state index in [9.17, 15) is 19.6 Å². The molecule has 1 aromatic carbocycles. The molecule has 2 aromatic heterocycles. The van der Waals surface area contributed by atoms with Crippen LogP contribution in [-0.4, -0.2) is 79.4 Å². The van der Waals surface area contributed by atoms with Crippen molar-refractivity contribution < 1.29 is 42.8 Å². The fourth-order valence-electron chi connectivity index (χ4n) is 4.10. The molecule has 1 fully saturated rings. The van der Waals surface area contributed by atoms with Crippen LogP contribution >= 0.6 is 7.75 Å². The van der Waals surface area contributed by atoms with Gasteiger partial charge in [0.15, 0.2) is 17.4 Å². The van der Waals surface area contributed by atoms with Gasteiger partial charge in [0.1, 0.15) is 29.6 Å². The Morgan fingerprint density at radius 3 is 2.62 bits per heavy atom. The van der Waals surface area contributed by atoms with E-state index in [4.69, 9.17) is 29.0 Å². The first kappa shape index (κ1) is 29.6. The lowest BCUT2D eigenvalue weighted by Gasteiger charge is -2.27. The minimum Gasteiger partial charge on any atom is -0.479 e. The molecule has 3 heterocycles. The Balaban J connectivity index is 1.56. The fourth-order valence-corrected chi connectivity index (χ4v) is 5.61. The second kappa shape index (κ2) is 11.6. The third kappa shape index (κ3) is 6.19. The molecule has 1 aliphatic heterocycles. The van der Waals surface area contributed by atoms with Crippen molar-refractivity contribution in [1.82, 2.24) is 24.6 Å². The molecule has 6 atom stereocenters. The summed E-state index contributed by atoms with van der Waals surface area (Å²) in [4.78, 5) is 24.8. The van der Waals surface area contributed by atoms with Gasteiger partial charge in [-0.25, -0.2) is 9.55 Å². The van der Waals surface area contributed by atoms with E-state index in [1.165, 1.54) is 31.9 Å². The number of fused-ring (bicyclic) bond motifs is 1. The van der Waals surface area contributed by atoms with Gasteiger partial charge in [0, 0.05) is 0 Å². The van der Waals surface area contributed by atoms with Crippen LogP contribution in [0.15, 0.2) is 36.7 Å². The van der Waals surface area contributed by atoms with Crippen molar-refractivity contribution in [1.29, 1.82) is 0 Å². The number of aromatic nitrogens is 4. The number of anilines is 1. The van der Waals surface area contributed by atoms with Crippen LogP contribution in [0.5, 0.6) is 11.6 Å². The highest BCUT2D eigenvalue weighted by molar-refractivity contribution is 7.52. The van der Waals surface area contributed by atoms with Crippen molar-refractivity contribution in [3.63, 3.8) is 0 Å². The Kier molecular flexibility index (Phi) is 8.63. The van der Waals surface area contributed by atoms with Crippen molar-refractivity contribution in [2.75, 3.05) is 19.5 Å². The Morgan fingerprint density at radius 1 is 1.27 bits per heavy atom. The number of nitrogens with one attached hydrogen (secondary N) is 1. The summed E-state index contributed by atoms with van der Waals surface area (Å²) in [6.45, 7) is 5.68. The number of nitrogen functional groups attached to an aromatic ring is 1. The minimum atomic E-state index is -4.25. The first-order valence-corrected chi connectivity index (χ1v) is 14.0. The number of ether oxygens (including phenoxy) is 3. The molecule has 0 bridgehead atoms. The average Bonchev–Trinajstić information content (AvgIpc) is 3.40. The van der Waals surface area contributed by atoms with Gasteiger partial charge in [0.25, 0.3) is 0 Å². The molecule has 5 N–H and O–H groups in total. The van der Waals surface area contributed by atoms with Crippen molar-refractivity contribution in [3.05, 3.63) is 36.7 Å². The zero-order chi connectivity index (χ0) is 29.2. The van der Waals surface area contributed by atoms with E-state index in [0.29, 0.717) is 0 Å². The van der Waals surface area contributed by atoms with Gasteiger partial charge in [-0.3, -0.25) is 13.9 Å². The lowest BCUT2D eigenvalue weighted by Crippen LogP contribution is -2.44. The maximum absolute atomic E-state index is 13.8. The van der Waals surface area contributed by atoms with Crippen LogP contribution in [0.2, 0.25) is 0 Å². The average molecular weight is 581 g/mol. The van der Waals surface area contributed by atoms with Gasteiger partial charge in [-0.05, 0) is 39.8 Å². The number of carbonyl (C=O) groups is 1. The number of hydrogen-bond acceptors (Lipinski definition) is 13. The number of benzene rings is 1. The number of aliphatic hydroxyl groups is 2. The first-order valence-electron chi connectivity index (χ1n) is 12.4. The highest BCUT2D eigenvalue weighted by Crippen LogP contribution is 2.47. The van der Waals surface area contributed by atoms with E-state index in [1.54, 1.807) is 44.2 Å². The molecular formula is C24H33N6O9P. The molecule has 1 saturated heterocycles. The number of aliphatic hydroxyl groups excluding tert-OH is 1. The Bertz CT molecular complexity index is 1390. The summed E-state index contributed by atoms with van der Waals surface area (Å²) in [5.41, 5.74) is 4.38. The third-order valence-corrected chi connectivity index (χ3v) is 7.69. The van der Waals surface area contributed by atoms with Crippen LogP contribution in [0, 0.1) is 0 Å². The van der Waals surface area contributed by atoms with Gasteiger partial charge in [0.2, 0.25) is 11.8 Å². The zero-order valence-corrected chi connectivity index (χ0v) is 23.5. The smallest absolute Gasteiger partial charge is 0.459 e. The van der Waals surface area contributed by atoms with E-state index >= 15 is 0 Å². The number of nitrogens with zero attached hydrogens (tertiary/aromatic N) is 4. The molecule has 4 rings (SSSR count). The largest absolute Gasteiger partial charge is 0.479 e. The number of imidazole rings is 1. The predicted octanol–water partition coefficient (Wildman–Crippen LogP) is 1.56. The lowest BCUT2D eigenvalue weighted by atomic mass is 9.96.